The molecule has 2 aromatic heterocycles. The molecule has 1 saturated heterocycles. The Hall–Kier alpha value is -3.29. The van der Waals surface area contributed by atoms with Crippen molar-refractivity contribution >= 4 is 28.5 Å². The Morgan fingerprint density at radius 2 is 1.79 bits per heavy atom. The van der Waals surface area contributed by atoms with Gasteiger partial charge >= 0.3 is 6.09 Å². The maximum atomic E-state index is 12.3. The summed E-state index contributed by atoms with van der Waals surface area (Å²) in [5.41, 5.74) is 7.15. The Labute approximate surface area is 169 Å². The summed E-state index contributed by atoms with van der Waals surface area (Å²) in [6, 6.07) is 7.82. The highest BCUT2D eigenvalue weighted by Crippen LogP contribution is 2.23. The molecular weight excluding hydrogens is 368 g/mol. The van der Waals surface area contributed by atoms with E-state index in [0.29, 0.717) is 26.2 Å². The number of nitrogens with zero attached hydrogens (tertiary/aromatic N) is 5. The summed E-state index contributed by atoms with van der Waals surface area (Å²) in [5.74, 6) is 1.54. The van der Waals surface area contributed by atoms with E-state index in [1.807, 2.05) is 55.8 Å². The molecule has 152 valence electrons. The minimum Gasteiger partial charge on any atom is -0.444 e. The highest BCUT2D eigenvalue weighted by Gasteiger charge is 2.26. The van der Waals surface area contributed by atoms with Crippen molar-refractivity contribution in [2.24, 2.45) is 0 Å². The molecule has 1 aliphatic heterocycles. The predicted octanol–water partition coefficient (Wildman–Crippen LogP) is 3.06. The molecule has 0 unspecified atom stereocenters. The molecule has 0 radical (unpaired) electrons. The molecular formula is C21H26N6O2. The van der Waals surface area contributed by atoms with Crippen molar-refractivity contribution in [3.8, 4) is 5.82 Å². The van der Waals surface area contributed by atoms with Gasteiger partial charge in [0.1, 0.15) is 11.4 Å². The zero-order valence-electron chi connectivity index (χ0n) is 17.0. The number of nitrogen functional groups attached to an aromatic ring is 1. The number of aromatic nitrogens is 3. The molecule has 1 fully saturated rings. The molecule has 3 aromatic rings. The van der Waals surface area contributed by atoms with E-state index >= 15 is 0 Å². The lowest BCUT2D eigenvalue weighted by molar-refractivity contribution is 0.0240. The van der Waals surface area contributed by atoms with E-state index in [1.54, 1.807) is 17.3 Å². The Kier molecular flexibility index (Phi) is 4.77. The van der Waals surface area contributed by atoms with Crippen molar-refractivity contribution in [2.45, 2.75) is 26.4 Å². The van der Waals surface area contributed by atoms with Crippen molar-refractivity contribution in [3.63, 3.8) is 0 Å². The van der Waals surface area contributed by atoms with E-state index in [9.17, 15) is 4.79 Å². The summed E-state index contributed by atoms with van der Waals surface area (Å²) < 4.78 is 7.47. The van der Waals surface area contributed by atoms with E-state index in [-0.39, 0.29) is 6.09 Å². The number of anilines is 2. The Balaban J connectivity index is 1.49. The van der Waals surface area contributed by atoms with Crippen molar-refractivity contribution in [3.05, 3.63) is 42.9 Å². The van der Waals surface area contributed by atoms with Gasteiger partial charge in [0, 0.05) is 43.4 Å². The molecule has 8 nitrogen and oxygen atoms in total. The van der Waals surface area contributed by atoms with Crippen LogP contribution in [0, 0.1) is 0 Å². The number of carbonyl (C=O) groups is 1. The van der Waals surface area contributed by atoms with Gasteiger partial charge in [-0.15, -0.1) is 0 Å². The van der Waals surface area contributed by atoms with Gasteiger partial charge in [-0.2, -0.15) is 0 Å². The molecule has 8 heteroatoms. The monoisotopic (exact) mass is 394 g/mol. The SMILES string of the molecule is CC(C)(C)OC(=O)N1CCN(c2cncc(-n3ccc4cc(N)ccc43)n2)CC1. The molecule has 1 amide bonds. The maximum absolute atomic E-state index is 12.3. The second-order valence-corrected chi connectivity index (χ2v) is 8.19. The molecule has 0 bridgehead atoms. The fourth-order valence-corrected chi connectivity index (χ4v) is 3.42. The standard InChI is InChI=1S/C21H26N6O2/c1-21(2,3)29-20(28)26-10-8-25(9-11-26)18-13-23-14-19(24-18)27-7-6-15-12-16(22)4-5-17(15)27/h4-7,12-14H,8-11,22H2,1-3H3. The zero-order valence-corrected chi connectivity index (χ0v) is 17.0. The van der Waals surface area contributed by atoms with Gasteiger partial charge in [0.25, 0.3) is 0 Å². The third-order valence-corrected chi connectivity index (χ3v) is 4.83. The second kappa shape index (κ2) is 7.27. The number of rotatable bonds is 2. The Morgan fingerprint density at radius 3 is 2.52 bits per heavy atom. The molecule has 0 aliphatic carbocycles. The van der Waals surface area contributed by atoms with Crippen LogP contribution >= 0.6 is 0 Å². The van der Waals surface area contributed by atoms with E-state index in [4.69, 9.17) is 15.5 Å². The van der Waals surface area contributed by atoms with Crippen molar-refractivity contribution in [2.75, 3.05) is 36.8 Å². The molecule has 0 saturated carbocycles. The minimum atomic E-state index is -0.488. The van der Waals surface area contributed by atoms with Gasteiger partial charge in [-0.05, 0) is 45.0 Å². The zero-order chi connectivity index (χ0) is 20.6. The van der Waals surface area contributed by atoms with Gasteiger partial charge in [-0.1, -0.05) is 0 Å². The summed E-state index contributed by atoms with van der Waals surface area (Å²) in [5, 5.41) is 1.06. The van der Waals surface area contributed by atoms with Crippen LogP contribution in [0.25, 0.3) is 16.7 Å². The number of ether oxygens (including phenoxy) is 1. The highest BCUT2D eigenvalue weighted by molar-refractivity contribution is 5.84. The molecule has 3 heterocycles. The van der Waals surface area contributed by atoms with Gasteiger partial charge < -0.3 is 20.3 Å². The topological polar surface area (TPSA) is 89.5 Å². The number of hydrogen-bond donors (Lipinski definition) is 1. The van der Waals surface area contributed by atoms with Crippen LogP contribution < -0.4 is 10.6 Å². The summed E-state index contributed by atoms with van der Waals surface area (Å²) in [4.78, 5) is 25.3. The number of hydrogen-bond acceptors (Lipinski definition) is 6. The van der Waals surface area contributed by atoms with Crippen LogP contribution in [0.2, 0.25) is 0 Å². The summed E-state index contributed by atoms with van der Waals surface area (Å²) in [6.45, 7) is 8.17. The van der Waals surface area contributed by atoms with Crippen LogP contribution in [0.1, 0.15) is 20.8 Å². The number of amides is 1. The highest BCUT2D eigenvalue weighted by atomic mass is 16.6. The second-order valence-electron chi connectivity index (χ2n) is 8.19. The van der Waals surface area contributed by atoms with Crippen molar-refractivity contribution in [1.82, 2.24) is 19.4 Å². The molecule has 4 rings (SSSR count). The first-order chi connectivity index (χ1) is 13.8. The lowest BCUT2D eigenvalue weighted by Gasteiger charge is -2.36. The fourth-order valence-electron chi connectivity index (χ4n) is 3.42. The summed E-state index contributed by atoms with van der Waals surface area (Å²) in [7, 11) is 0. The number of piperazine rings is 1. The Bertz CT molecular complexity index is 1030. The van der Waals surface area contributed by atoms with Crippen LogP contribution in [0.3, 0.4) is 0 Å². The molecule has 0 spiro atoms. The third kappa shape index (κ3) is 4.11. The Morgan fingerprint density at radius 1 is 1.07 bits per heavy atom. The van der Waals surface area contributed by atoms with E-state index in [1.165, 1.54) is 0 Å². The first-order valence-electron chi connectivity index (χ1n) is 9.72. The molecule has 2 N–H and O–H groups in total. The van der Waals surface area contributed by atoms with Crippen LogP contribution in [0.15, 0.2) is 42.9 Å². The maximum Gasteiger partial charge on any atom is 0.410 e. The first-order valence-corrected chi connectivity index (χ1v) is 9.72. The summed E-state index contributed by atoms with van der Waals surface area (Å²) >= 11 is 0. The van der Waals surface area contributed by atoms with Crippen LogP contribution in [-0.2, 0) is 4.74 Å². The van der Waals surface area contributed by atoms with Crippen LogP contribution in [0.4, 0.5) is 16.3 Å². The van der Waals surface area contributed by atoms with E-state index in [0.717, 1.165) is 28.2 Å². The van der Waals surface area contributed by atoms with Gasteiger partial charge in [-0.3, -0.25) is 9.55 Å². The normalized spacial score (nSPS) is 15.0. The fraction of sp³-hybridized carbons (Fsp3) is 0.381. The number of fused-ring (bicyclic) bond motifs is 1. The minimum absolute atomic E-state index is 0.268. The number of carbonyl (C=O) groups excluding carboxylic acids is 1. The molecule has 1 aromatic carbocycles. The smallest absolute Gasteiger partial charge is 0.410 e. The van der Waals surface area contributed by atoms with Gasteiger partial charge in [0.2, 0.25) is 0 Å². The molecule has 0 atom stereocenters. The average Bonchev–Trinajstić information content (AvgIpc) is 3.10. The molecule has 29 heavy (non-hydrogen) atoms. The largest absolute Gasteiger partial charge is 0.444 e. The lowest BCUT2D eigenvalue weighted by Crippen LogP contribution is -2.50. The van der Waals surface area contributed by atoms with Crippen molar-refractivity contribution in [1.29, 1.82) is 0 Å². The average molecular weight is 394 g/mol. The van der Waals surface area contributed by atoms with Gasteiger partial charge in [0.05, 0.1) is 17.9 Å². The van der Waals surface area contributed by atoms with E-state index < -0.39 is 5.60 Å². The lowest BCUT2D eigenvalue weighted by atomic mass is 10.2. The first kappa shape index (κ1) is 19.0. The van der Waals surface area contributed by atoms with Gasteiger partial charge in [0.15, 0.2) is 5.82 Å². The van der Waals surface area contributed by atoms with Gasteiger partial charge in [-0.25, -0.2) is 9.78 Å². The third-order valence-electron chi connectivity index (χ3n) is 4.83. The number of nitrogens with two attached hydrogens (primary N) is 1. The predicted molar refractivity (Wildman–Crippen MR) is 113 cm³/mol. The van der Waals surface area contributed by atoms with Crippen LogP contribution in [-0.4, -0.2) is 57.3 Å². The molecule has 1 aliphatic rings. The summed E-state index contributed by atoms with van der Waals surface area (Å²) in [6.07, 6.45) is 5.21. The number of benzene rings is 1. The van der Waals surface area contributed by atoms with Crippen molar-refractivity contribution < 1.29 is 9.53 Å². The van der Waals surface area contributed by atoms with E-state index in [2.05, 4.69) is 9.88 Å². The quantitative estimate of drug-likeness (QED) is 0.672. The van der Waals surface area contributed by atoms with Crippen LogP contribution in [0.5, 0.6) is 0 Å².